The standard InChI is InChI=1S/C11H16N4/c1-12-11-8-6-13-5-4-9(8)14-10(15-11)7-2-3-7/h7,13H,2-6H2,1H3,(H,12,14,15). The van der Waals surface area contributed by atoms with E-state index in [-0.39, 0.29) is 0 Å². The molecule has 0 atom stereocenters. The fourth-order valence-corrected chi connectivity index (χ4v) is 2.09. The van der Waals surface area contributed by atoms with Gasteiger partial charge in [0.1, 0.15) is 11.6 Å². The highest BCUT2D eigenvalue weighted by Crippen LogP contribution is 2.39. The zero-order valence-electron chi connectivity index (χ0n) is 9.01. The van der Waals surface area contributed by atoms with E-state index in [9.17, 15) is 0 Å². The molecule has 0 spiro atoms. The van der Waals surface area contributed by atoms with Crippen LogP contribution in [0, 0.1) is 0 Å². The molecule has 0 unspecified atom stereocenters. The number of fused-ring (bicyclic) bond motifs is 1. The van der Waals surface area contributed by atoms with E-state index in [1.54, 1.807) is 0 Å². The van der Waals surface area contributed by atoms with E-state index >= 15 is 0 Å². The summed E-state index contributed by atoms with van der Waals surface area (Å²) in [7, 11) is 1.94. The molecule has 80 valence electrons. The zero-order valence-corrected chi connectivity index (χ0v) is 9.01. The van der Waals surface area contributed by atoms with Crippen molar-refractivity contribution in [2.24, 2.45) is 0 Å². The smallest absolute Gasteiger partial charge is 0.134 e. The maximum absolute atomic E-state index is 4.69. The van der Waals surface area contributed by atoms with Gasteiger partial charge < -0.3 is 10.6 Å². The molecule has 2 N–H and O–H groups in total. The van der Waals surface area contributed by atoms with E-state index in [4.69, 9.17) is 4.98 Å². The molecule has 0 amide bonds. The van der Waals surface area contributed by atoms with Crippen LogP contribution in [0.5, 0.6) is 0 Å². The molecule has 1 aliphatic heterocycles. The third-order valence-electron chi connectivity index (χ3n) is 3.13. The molecule has 2 aliphatic rings. The summed E-state index contributed by atoms with van der Waals surface area (Å²) < 4.78 is 0. The first-order valence-electron chi connectivity index (χ1n) is 5.66. The molecule has 1 aliphatic carbocycles. The Labute approximate surface area is 89.5 Å². The maximum atomic E-state index is 4.69. The van der Waals surface area contributed by atoms with Gasteiger partial charge in [0.15, 0.2) is 0 Å². The van der Waals surface area contributed by atoms with Gasteiger partial charge in [-0.05, 0) is 12.8 Å². The maximum Gasteiger partial charge on any atom is 0.134 e. The number of hydrogen-bond acceptors (Lipinski definition) is 4. The first-order valence-corrected chi connectivity index (χ1v) is 5.66. The highest BCUT2D eigenvalue weighted by Gasteiger charge is 2.28. The molecule has 15 heavy (non-hydrogen) atoms. The topological polar surface area (TPSA) is 49.8 Å². The largest absolute Gasteiger partial charge is 0.373 e. The second kappa shape index (κ2) is 3.45. The van der Waals surface area contributed by atoms with Gasteiger partial charge in [-0.3, -0.25) is 0 Å². The second-order valence-electron chi connectivity index (χ2n) is 4.31. The van der Waals surface area contributed by atoms with E-state index in [0.29, 0.717) is 5.92 Å². The number of anilines is 1. The lowest BCUT2D eigenvalue weighted by Gasteiger charge is -2.19. The predicted octanol–water partition coefficient (Wildman–Crippen LogP) is 1.04. The van der Waals surface area contributed by atoms with Gasteiger partial charge in [-0.15, -0.1) is 0 Å². The summed E-state index contributed by atoms with van der Waals surface area (Å²) in [6, 6.07) is 0. The van der Waals surface area contributed by atoms with Crippen LogP contribution in [0.15, 0.2) is 0 Å². The Morgan fingerprint density at radius 3 is 2.93 bits per heavy atom. The second-order valence-corrected chi connectivity index (χ2v) is 4.31. The summed E-state index contributed by atoms with van der Waals surface area (Å²) in [5.41, 5.74) is 2.50. The molecule has 0 radical (unpaired) electrons. The Morgan fingerprint density at radius 1 is 1.33 bits per heavy atom. The summed E-state index contributed by atoms with van der Waals surface area (Å²) >= 11 is 0. The van der Waals surface area contributed by atoms with E-state index in [2.05, 4.69) is 15.6 Å². The number of hydrogen-bond donors (Lipinski definition) is 2. The Hall–Kier alpha value is -1.16. The van der Waals surface area contributed by atoms with Crippen LogP contribution in [0.1, 0.15) is 35.8 Å². The monoisotopic (exact) mass is 204 g/mol. The van der Waals surface area contributed by atoms with Crippen LogP contribution in [0.4, 0.5) is 5.82 Å². The van der Waals surface area contributed by atoms with Gasteiger partial charge >= 0.3 is 0 Å². The van der Waals surface area contributed by atoms with Crippen molar-refractivity contribution < 1.29 is 0 Å². The summed E-state index contributed by atoms with van der Waals surface area (Å²) in [4.78, 5) is 9.30. The van der Waals surface area contributed by atoms with Crippen molar-refractivity contribution in [3.8, 4) is 0 Å². The quantitative estimate of drug-likeness (QED) is 0.755. The van der Waals surface area contributed by atoms with E-state index in [1.165, 1.54) is 24.1 Å². The molecule has 1 saturated carbocycles. The van der Waals surface area contributed by atoms with E-state index in [1.807, 2.05) is 7.05 Å². The third kappa shape index (κ3) is 1.59. The first kappa shape index (κ1) is 9.09. The lowest BCUT2D eigenvalue weighted by Crippen LogP contribution is -2.26. The van der Waals surface area contributed by atoms with Crippen molar-refractivity contribution in [3.05, 3.63) is 17.1 Å². The Balaban J connectivity index is 2.06. The van der Waals surface area contributed by atoms with Crippen molar-refractivity contribution in [3.63, 3.8) is 0 Å². The van der Waals surface area contributed by atoms with Gasteiger partial charge in [0.05, 0.1) is 5.69 Å². The van der Waals surface area contributed by atoms with Gasteiger partial charge in [-0.25, -0.2) is 9.97 Å². The average Bonchev–Trinajstić information content (AvgIpc) is 3.11. The predicted molar refractivity (Wildman–Crippen MR) is 59.0 cm³/mol. The lowest BCUT2D eigenvalue weighted by atomic mass is 10.1. The van der Waals surface area contributed by atoms with Gasteiger partial charge in [0, 0.05) is 38.0 Å². The third-order valence-corrected chi connectivity index (χ3v) is 3.13. The summed E-state index contributed by atoms with van der Waals surface area (Å²) in [5, 5.41) is 6.55. The molecular weight excluding hydrogens is 188 g/mol. The normalized spacial score (nSPS) is 19.8. The van der Waals surface area contributed by atoms with Gasteiger partial charge in [0.25, 0.3) is 0 Å². The highest BCUT2D eigenvalue weighted by molar-refractivity contribution is 5.47. The Bertz CT molecular complexity index is 367. The Morgan fingerprint density at radius 2 is 2.20 bits per heavy atom. The summed E-state index contributed by atoms with van der Waals surface area (Å²) in [6.07, 6.45) is 3.56. The van der Waals surface area contributed by atoms with Crippen LogP contribution in [-0.2, 0) is 13.0 Å². The molecule has 4 nitrogen and oxygen atoms in total. The molecule has 0 saturated heterocycles. The van der Waals surface area contributed by atoms with Crippen molar-refractivity contribution >= 4 is 5.82 Å². The number of nitrogens with zero attached hydrogens (tertiary/aromatic N) is 2. The van der Waals surface area contributed by atoms with Crippen LogP contribution in [0.3, 0.4) is 0 Å². The summed E-state index contributed by atoms with van der Waals surface area (Å²) in [5.74, 6) is 2.71. The summed E-state index contributed by atoms with van der Waals surface area (Å²) in [6.45, 7) is 1.94. The Kier molecular flexibility index (Phi) is 2.09. The fraction of sp³-hybridized carbons (Fsp3) is 0.636. The average molecular weight is 204 g/mol. The van der Waals surface area contributed by atoms with Crippen molar-refractivity contribution in [1.82, 2.24) is 15.3 Å². The van der Waals surface area contributed by atoms with Gasteiger partial charge in [-0.1, -0.05) is 0 Å². The number of rotatable bonds is 2. The first-order chi connectivity index (χ1) is 7.38. The molecule has 0 bridgehead atoms. The molecule has 3 rings (SSSR count). The van der Waals surface area contributed by atoms with Crippen molar-refractivity contribution in [1.29, 1.82) is 0 Å². The molecule has 4 heteroatoms. The van der Waals surface area contributed by atoms with E-state index < -0.39 is 0 Å². The van der Waals surface area contributed by atoms with Crippen molar-refractivity contribution in [2.45, 2.75) is 31.7 Å². The van der Waals surface area contributed by atoms with Crippen LogP contribution >= 0.6 is 0 Å². The van der Waals surface area contributed by atoms with Crippen molar-refractivity contribution in [2.75, 3.05) is 18.9 Å². The minimum absolute atomic E-state index is 0.636. The van der Waals surface area contributed by atoms with Gasteiger partial charge in [0.2, 0.25) is 0 Å². The van der Waals surface area contributed by atoms with Gasteiger partial charge in [-0.2, -0.15) is 0 Å². The zero-order chi connectivity index (χ0) is 10.3. The minimum atomic E-state index is 0.636. The molecule has 0 aromatic carbocycles. The van der Waals surface area contributed by atoms with E-state index in [0.717, 1.165) is 31.2 Å². The number of nitrogens with one attached hydrogen (secondary N) is 2. The highest BCUT2D eigenvalue weighted by atomic mass is 15.0. The van der Waals surface area contributed by atoms with Crippen LogP contribution in [0.2, 0.25) is 0 Å². The fourth-order valence-electron chi connectivity index (χ4n) is 2.09. The number of aromatic nitrogens is 2. The SMILES string of the molecule is CNc1nc(C2CC2)nc2c1CNCC2. The molecule has 2 heterocycles. The van der Waals surface area contributed by atoms with Crippen LogP contribution in [0.25, 0.3) is 0 Å². The molecule has 1 aromatic rings. The molecule has 1 aromatic heterocycles. The minimum Gasteiger partial charge on any atom is -0.373 e. The molecular formula is C11H16N4. The molecule has 1 fully saturated rings. The lowest BCUT2D eigenvalue weighted by molar-refractivity contribution is 0.622. The van der Waals surface area contributed by atoms with Crippen LogP contribution in [-0.4, -0.2) is 23.6 Å². The van der Waals surface area contributed by atoms with Crippen LogP contribution < -0.4 is 10.6 Å².